The van der Waals surface area contributed by atoms with Crippen LogP contribution in [0, 0.1) is 0 Å². The third-order valence-corrected chi connectivity index (χ3v) is 6.58. The molecule has 12 heavy (non-hydrogen) atoms. The lowest BCUT2D eigenvalue weighted by Crippen LogP contribution is -2.48. The molecule has 0 bridgehead atoms. The third-order valence-electron chi connectivity index (χ3n) is 1.96. The molecule has 0 unspecified atom stereocenters. The molecule has 1 heterocycles. The smallest absolute Gasteiger partial charge is 0.293 e. The van der Waals surface area contributed by atoms with Gasteiger partial charge in [0.2, 0.25) is 0 Å². The van der Waals surface area contributed by atoms with E-state index in [9.17, 15) is 0 Å². The molecule has 0 radical (unpaired) electrons. The summed E-state index contributed by atoms with van der Waals surface area (Å²) in [5.41, 5.74) is 0. The molecular weight excluding hydrogens is 213 g/mol. The summed E-state index contributed by atoms with van der Waals surface area (Å²) in [6.45, 7) is -0.407. The minimum Gasteiger partial charge on any atom is -0.293 e. The lowest BCUT2D eigenvalue weighted by atomic mass is 10.7. The van der Waals surface area contributed by atoms with Gasteiger partial charge in [-0.1, -0.05) is 0 Å². The Bertz CT molecular complexity index is 167. The van der Waals surface area contributed by atoms with Gasteiger partial charge in [0.15, 0.2) is 0 Å². The lowest BCUT2D eigenvalue weighted by Gasteiger charge is -2.27. The molecule has 1 aliphatic heterocycles. The molecule has 0 N–H and O–H groups in total. The molecule has 0 aliphatic carbocycles. The Kier molecular flexibility index (Phi) is 3.42. The molecule has 0 amide bonds. The maximum Gasteiger partial charge on any atom is 0.339 e. The van der Waals surface area contributed by atoms with Gasteiger partial charge in [0.25, 0.3) is 0 Å². The van der Waals surface area contributed by atoms with E-state index in [1.165, 1.54) is 0 Å². The van der Waals surface area contributed by atoms with Crippen LogP contribution in [0.4, 0.5) is 0 Å². The van der Waals surface area contributed by atoms with Gasteiger partial charge in [-0.3, -0.25) is 14.4 Å². The number of rotatable bonds is 0. The van der Waals surface area contributed by atoms with Crippen LogP contribution in [0.15, 0.2) is 0 Å². The standard InChI is InChI=1S/C6H15Cl2N3Si/c1-9-4-10(2)6-12(7,8)11(3)5-9/h4-6H2,1-3H3. The molecule has 72 valence electrons. The van der Waals surface area contributed by atoms with Crippen LogP contribution in [0.5, 0.6) is 0 Å². The highest BCUT2D eigenvalue weighted by Gasteiger charge is 2.38. The van der Waals surface area contributed by atoms with Crippen LogP contribution in [0.3, 0.4) is 0 Å². The van der Waals surface area contributed by atoms with Crippen LogP contribution in [0.25, 0.3) is 0 Å². The molecular formula is C6H15Cl2N3Si. The molecule has 0 aromatic heterocycles. The number of halogens is 2. The van der Waals surface area contributed by atoms with Crippen molar-refractivity contribution in [2.24, 2.45) is 0 Å². The fraction of sp³-hybridized carbons (Fsp3) is 1.00. The molecule has 3 nitrogen and oxygen atoms in total. The van der Waals surface area contributed by atoms with Crippen LogP contribution < -0.4 is 0 Å². The second-order valence-electron chi connectivity index (χ2n) is 3.52. The summed E-state index contributed by atoms with van der Waals surface area (Å²) >= 11 is 12.5. The van der Waals surface area contributed by atoms with Crippen molar-refractivity contribution in [3.63, 3.8) is 0 Å². The van der Waals surface area contributed by atoms with Crippen molar-refractivity contribution in [2.45, 2.75) is 0 Å². The van der Waals surface area contributed by atoms with Gasteiger partial charge in [0.1, 0.15) is 0 Å². The maximum atomic E-state index is 6.25. The van der Waals surface area contributed by atoms with Gasteiger partial charge in [-0.2, -0.15) is 0 Å². The quantitative estimate of drug-likeness (QED) is 0.445. The predicted molar refractivity (Wildman–Crippen MR) is 55.4 cm³/mol. The molecule has 0 spiro atoms. The normalized spacial score (nSPS) is 28.8. The van der Waals surface area contributed by atoms with E-state index >= 15 is 0 Å². The van der Waals surface area contributed by atoms with E-state index in [2.05, 4.69) is 21.4 Å². The van der Waals surface area contributed by atoms with Crippen molar-refractivity contribution in [3.05, 3.63) is 0 Å². The Balaban J connectivity index is 2.68. The van der Waals surface area contributed by atoms with Crippen molar-refractivity contribution in [1.82, 2.24) is 14.4 Å². The Morgan fingerprint density at radius 1 is 1.00 bits per heavy atom. The van der Waals surface area contributed by atoms with E-state index < -0.39 is 6.86 Å². The number of nitrogens with zero attached hydrogens (tertiary/aromatic N) is 3. The summed E-state index contributed by atoms with van der Waals surface area (Å²) in [4.78, 5) is 4.36. The molecule has 1 fully saturated rings. The fourth-order valence-electron chi connectivity index (χ4n) is 1.42. The van der Waals surface area contributed by atoms with Crippen LogP contribution in [-0.4, -0.2) is 61.9 Å². The average Bonchev–Trinajstić information content (AvgIpc) is 1.89. The largest absolute Gasteiger partial charge is 0.339 e. The van der Waals surface area contributed by atoms with E-state index in [0.29, 0.717) is 0 Å². The van der Waals surface area contributed by atoms with Crippen molar-refractivity contribution in [1.29, 1.82) is 0 Å². The van der Waals surface area contributed by atoms with Gasteiger partial charge in [0, 0.05) is 12.8 Å². The van der Waals surface area contributed by atoms with Gasteiger partial charge < -0.3 is 0 Å². The molecule has 0 atom stereocenters. The Morgan fingerprint density at radius 2 is 1.58 bits per heavy atom. The molecule has 0 saturated carbocycles. The first-order chi connectivity index (χ1) is 5.42. The predicted octanol–water partition coefficient (Wildman–Crippen LogP) is 0.666. The summed E-state index contributed by atoms with van der Waals surface area (Å²) < 4.78 is 2.07. The highest BCUT2D eigenvalue weighted by molar-refractivity contribution is 7.44. The zero-order chi connectivity index (χ0) is 9.35. The molecule has 6 heteroatoms. The second kappa shape index (κ2) is 3.82. The topological polar surface area (TPSA) is 9.72 Å². The van der Waals surface area contributed by atoms with Crippen LogP contribution in [0.1, 0.15) is 0 Å². The first-order valence-corrected chi connectivity index (χ1v) is 8.06. The Labute approximate surface area is 84.3 Å². The molecule has 0 aromatic rings. The Morgan fingerprint density at radius 3 is 2.17 bits per heavy atom. The maximum absolute atomic E-state index is 6.25. The summed E-state index contributed by atoms with van der Waals surface area (Å²) in [7, 11) is 6.10. The summed E-state index contributed by atoms with van der Waals surface area (Å²) in [5, 5.41) is 0. The van der Waals surface area contributed by atoms with Crippen molar-refractivity contribution < 1.29 is 0 Å². The van der Waals surface area contributed by atoms with E-state index in [1.54, 1.807) is 0 Å². The number of hydrogen-bond acceptors (Lipinski definition) is 3. The summed E-state index contributed by atoms with van der Waals surface area (Å²) in [6, 6.07) is 0. The minimum absolute atomic E-state index is 0.803. The second-order valence-corrected chi connectivity index (χ2v) is 10.3. The highest BCUT2D eigenvalue weighted by Crippen LogP contribution is 2.22. The first kappa shape index (κ1) is 10.8. The highest BCUT2D eigenvalue weighted by atomic mass is 35.7. The molecule has 0 aromatic carbocycles. The van der Waals surface area contributed by atoms with E-state index in [1.807, 2.05) is 14.1 Å². The van der Waals surface area contributed by atoms with Gasteiger partial charge in [-0.25, -0.2) is 0 Å². The van der Waals surface area contributed by atoms with Crippen LogP contribution in [0.2, 0.25) is 0 Å². The Hall–Kier alpha value is 0.677. The zero-order valence-electron chi connectivity index (χ0n) is 7.72. The fourth-order valence-corrected chi connectivity index (χ4v) is 4.40. The van der Waals surface area contributed by atoms with Crippen molar-refractivity contribution >= 4 is 29.0 Å². The van der Waals surface area contributed by atoms with E-state index in [4.69, 9.17) is 22.2 Å². The SMILES string of the molecule is CN1CN(C)C[Si](Cl)(Cl)N(C)C1. The van der Waals surface area contributed by atoms with Crippen LogP contribution >= 0.6 is 22.2 Å². The van der Waals surface area contributed by atoms with Gasteiger partial charge in [-0.15, -0.1) is 22.2 Å². The van der Waals surface area contributed by atoms with Crippen molar-refractivity contribution in [3.8, 4) is 0 Å². The first-order valence-electron chi connectivity index (χ1n) is 3.88. The van der Waals surface area contributed by atoms with Gasteiger partial charge in [0.05, 0.1) is 6.67 Å². The van der Waals surface area contributed by atoms with Gasteiger partial charge >= 0.3 is 6.86 Å². The summed E-state index contributed by atoms with van der Waals surface area (Å²) in [6.07, 6.45) is 0.803. The molecule has 1 saturated heterocycles. The lowest BCUT2D eigenvalue weighted by molar-refractivity contribution is 0.184. The summed E-state index contributed by atoms with van der Waals surface area (Å²) in [5.74, 6) is 0. The zero-order valence-corrected chi connectivity index (χ0v) is 10.2. The van der Waals surface area contributed by atoms with Crippen molar-refractivity contribution in [2.75, 3.05) is 40.6 Å². The van der Waals surface area contributed by atoms with Crippen LogP contribution in [-0.2, 0) is 0 Å². The number of hydrogen-bond donors (Lipinski definition) is 0. The average molecular weight is 228 g/mol. The third kappa shape index (κ3) is 2.58. The monoisotopic (exact) mass is 227 g/mol. The molecule has 1 aliphatic rings. The van der Waals surface area contributed by atoms with E-state index in [-0.39, 0.29) is 0 Å². The van der Waals surface area contributed by atoms with Gasteiger partial charge in [-0.05, 0) is 21.1 Å². The van der Waals surface area contributed by atoms with E-state index in [0.717, 1.165) is 19.5 Å². The molecule has 1 rings (SSSR count). The minimum atomic E-state index is -2.19.